The summed E-state index contributed by atoms with van der Waals surface area (Å²) in [7, 11) is 0. The fourth-order valence-electron chi connectivity index (χ4n) is 5.90. The number of unbranched alkanes of at least 4 members (excludes halogenated alkanes) is 18. The number of hydrogen-bond donors (Lipinski definition) is 3. The van der Waals surface area contributed by atoms with Crippen molar-refractivity contribution in [1.82, 2.24) is 0 Å². The molecule has 0 saturated heterocycles. The van der Waals surface area contributed by atoms with Crippen LogP contribution in [0.1, 0.15) is 156 Å². The number of carboxylic acid groups (broad SMARTS) is 3. The van der Waals surface area contributed by atoms with Crippen LogP contribution in [0, 0.1) is 0 Å². The van der Waals surface area contributed by atoms with Crippen molar-refractivity contribution < 1.29 is 34.2 Å². The average Bonchev–Trinajstić information content (AvgIpc) is 2.92. The minimum Gasteiger partial charge on any atom is -0.477 e. The summed E-state index contributed by atoms with van der Waals surface area (Å²) in [5.74, 6) is -3.51. The largest absolute Gasteiger partial charge is 0.477 e. The number of allylic oxidation sites excluding steroid dienone is 2. The first-order valence-electron chi connectivity index (χ1n) is 16.3. The average molecular weight is 569 g/mol. The molecule has 3 unspecified atom stereocenters. The Balaban J connectivity index is 4.01. The third-order valence-electron chi connectivity index (χ3n) is 8.79. The van der Waals surface area contributed by atoms with E-state index in [4.69, 9.17) is 0 Å². The van der Waals surface area contributed by atoms with E-state index in [1.54, 1.807) is 0 Å². The van der Waals surface area contributed by atoms with E-state index in [1.165, 1.54) is 111 Å². The molecule has 0 rings (SSSR count). The van der Waals surface area contributed by atoms with E-state index in [0.717, 1.165) is 32.1 Å². The second kappa shape index (κ2) is 23.8. The van der Waals surface area contributed by atoms with E-state index in [9.17, 15) is 29.7 Å². The second-order valence-corrected chi connectivity index (χ2v) is 11.8. The van der Waals surface area contributed by atoms with Gasteiger partial charge in [0.15, 0.2) is 18.1 Å². The summed E-state index contributed by atoms with van der Waals surface area (Å²) in [6.45, 7) is 6.76. The molecule has 0 aliphatic rings. The zero-order valence-electron chi connectivity index (χ0n) is 26.2. The van der Waals surface area contributed by atoms with E-state index in [-0.39, 0.29) is 6.54 Å². The summed E-state index contributed by atoms with van der Waals surface area (Å²) >= 11 is 0. The molecule has 0 aliphatic heterocycles. The van der Waals surface area contributed by atoms with Gasteiger partial charge in [-0.3, -0.25) is 4.48 Å². The number of carbonyl (C=O) groups is 3. The molecular formula is C33H62NO6+. The third kappa shape index (κ3) is 15.8. The molecule has 0 fully saturated rings. The van der Waals surface area contributed by atoms with Gasteiger partial charge in [0.25, 0.3) is 0 Å². The Hall–Kier alpha value is -1.89. The lowest BCUT2D eigenvalue weighted by atomic mass is 10.00. The number of aliphatic carboxylic acids is 3. The zero-order chi connectivity index (χ0) is 30.2. The molecule has 0 radical (unpaired) electrons. The summed E-state index contributed by atoms with van der Waals surface area (Å²) < 4.78 is -0.479. The highest BCUT2D eigenvalue weighted by molar-refractivity contribution is 5.77. The Bertz CT molecular complexity index is 657. The van der Waals surface area contributed by atoms with Gasteiger partial charge in [-0.2, -0.15) is 0 Å². The molecule has 0 saturated carbocycles. The normalized spacial score (nSPS) is 15.5. The van der Waals surface area contributed by atoms with Crippen molar-refractivity contribution in [3.63, 3.8) is 0 Å². The van der Waals surface area contributed by atoms with Gasteiger partial charge >= 0.3 is 17.9 Å². The highest BCUT2D eigenvalue weighted by atomic mass is 16.4. The lowest BCUT2D eigenvalue weighted by Crippen LogP contribution is -2.70. The van der Waals surface area contributed by atoms with Crippen molar-refractivity contribution in [3.05, 3.63) is 12.2 Å². The van der Waals surface area contributed by atoms with Crippen LogP contribution in [-0.4, -0.2) is 62.4 Å². The van der Waals surface area contributed by atoms with Crippen LogP contribution in [0.15, 0.2) is 12.2 Å². The van der Waals surface area contributed by atoms with Gasteiger partial charge in [0.2, 0.25) is 0 Å². The van der Waals surface area contributed by atoms with E-state index in [0.29, 0.717) is 6.42 Å². The van der Waals surface area contributed by atoms with Crippen LogP contribution < -0.4 is 0 Å². The molecule has 0 aromatic heterocycles. The monoisotopic (exact) mass is 568 g/mol. The van der Waals surface area contributed by atoms with Crippen molar-refractivity contribution >= 4 is 17.9 Å². The SMILES string of the molecule is CCCCCCCCCCCC/C=C/CCCCCCCCCC[N+](C(C)C(=O)O)(C(C)C(=O)O)C(C)C(=O)O. The summed E-state index contributed by atoms with van der Waals surface area (Å²) in [6, 6.07) is -3.37. The van der Waals surface area contributed by atoms with Gasteiger partial charge in [-0.05, 0) is 59.3 Å². The maximum atomic E-state index is 11.8. The maximum Gasteiger partial charge on any atom is 0.362 e. The summed E-state index contributed by atoms with van der Waals surface area (Å²) in [5.41, 5.74) is 0. The topological polar surface area (TPSA) is 112 Å². The summed E-state index contributed by atoms with van der Waals surface area (Å²) in [4.78, 5) is 35.5. The molecule has 3 N–H and O–H groups in total. The van der Waals surface area contributed by atoms with Gasteiger partial charge in [-0.1, -0.05) is 109 Å². The maximum absolute atomic E-state index is 11.8. The van der Waals surface area contributed by atoms with Gasteiger partial charge in [-0.25, -0.2) is 14.4 Å². The number of hydrogen-bond acceptors (Lipinski definition) is 3. The summed E-state index contributed by atoms with van der Waals surface area (Å²) in [6.07, 6.45) is 29.2. The molecule has 0 spiro atoms. The zero-order valence-corrected chi connectivity index (χ0v) is 26.2. The van der Waals surface area contributed by atoms with Crippen molar-refractivity contribution in [3.8, 4) is 0 Å². The van der Waals surface area contributed by atoms with Crippen molar-refractivity contribution in [2.24, 2.45) is 0 Å². The second-order valence-electron chi connectivity index (χ2n) is 11.8. The molecule has 0 bridgehead atoms. The molecule has 7 heteroatoms. The molecule has 0 heterocycles. The van der Waals surface area contributed by atoms with E-state index in [1.807, 2.05) is 0 Å². The Kier molecular flexibility index (Phi) is 22.7. The molecule has 0 aromatic rings. The van der Waals surface area contributed by atoms with Gasteiger partial charge in [-0.15, -0.1) is 0 Å². The van der Waals surface area contributed by atoms with Crippen molar-refractivity contribution in [2.45, 2.75) is 174 Å². The molecule has 0 aliphatic carbocycles. The quantitative estimate of drug-likeness (QED) is 0.0495. The first-order valence-corrected chi connectivity index (χ1v) is 16.3. The van der Waals surface area contributed by atoms with Crippen LogP contribution in [0.4, 0.5) is 0 Å². The Morgan fingerprint density at radius 3 is 1.07 bits per heavy atom. The smallest absolute Gasteiger partial charge is 0.362 e. The number of nitrogens with zero attached hydrogens (tertiary/aromatic N) is 1. The van der Waals surface area contributed by atoms with E-state index in [2.05, 4.69) is 19.1 Å². The van der Waals surface area contributed by atoms with Crippen LogP contribution in [0.2, 0.25) is 0 Å². The minimum absolute atomic E-state index is 0.222. The van der Waals surface area contributed by atoms with Gasteiger partial charge in [0, 0.05) is 0 Å². The van der Waals surface area contributed by atoms with Crippen LogP contribution in [0.3, 0.4) is 0 Å². The molecule has 0 aromatic carbocycles. The van der Waals surface area contributed by atoms with Crippen molar-refractivity contribution in [2.75, 3.05) is 6.54 Å². The number of rotatable bonds is 28. The van der Waals surface area contributed by atoms with Crippen LogP contribution in [0.5, 0.6) is 0 Å². The first kappa shape index (κ1) is 38.1. The fourth-order valence-corrected chi connectivity index (χ4v) is 5.90. The molecule has 40 heavy (non-hydrogen) atoms. The lowest BCUT2D eigenvalue weighted by Gasteiger charge is -2.47. The molecule has 7 nitrogen and oxygen atoms in total. The highest BCUT2D eigenvalue weighted by Gasteiger charge is 2.52. The molecular weight excluding hydrogens is 506 g/mol. The van der Waals surface area contributed by atoms with Gasteiger partial charge < -0.3 is 15.3 Å². The van der Waals surface area contributed by atoms with Crippen LogP contribution in [0.25, 0.3) is 0 Å². The van der Waals surface area contributed by atoms with Crippen LogP contribution >= 0.6 is 0 Å². The third-order valence-corrected chi connectivity index (χ3v) is 8.79. The summed E-state index contributed by atoms with van der Waals surface area (Å²) in [5, 5.41) is 29.0. The molecule has 3 atom stereocenters. The van der Waals surface area contributed by atoms with E-state index < -0.39 is 40.5 Å². The fraction of sp³-hybridized carbons (Fsp3) is 0.848. The lowest BCUT2D eigenvalue weighted by molar-refractivity contribution is -0.968. The predicted molar refractivity (Wildman–Crippen MR) is 164 cm³/mol. The van der Waals surface area contributed by atoms with Gasteiger partial charge in [0.1, 0.15) is 0 Å². The number of carboxylic acids is 3. The highest BCUT2D eigenvalue weighted by Crippen LogP contribution is 2.27. The minimum atomic E-state index is -1.17. The van der Waals surface area contributed by atoms with Crippen molar-refractivity contribution in [1.29, 1.82) is 0 Å². The van der Waals surface area contributed by atoms with E-state index >= 15 is 0 Å². The Morgan fingerprint density at radius 1 is 0.500 bits per heavy atom. The number of quaternary nitrogens is 1. The standard InChI is InChI=1S/C33H61NO6/c1-5-6-7-8-9-10-11-12-13-14-15-16-17-18-19-20-21-22-23-24-25-26-27-34(28(2)31(35)36,29(3)32(37)38)30(4)33(39)40/h16-17,28-30H,5-15,18-27H2,1-4H3,(H2-,35,36,37,38,39,40)/p+1/b17-16+. The van der Waals surface area contributed by atoms with Gasteiger partial charge in [0.05, 0.1) is 6.54 Å². The van der Waals surface area contributed by atoms with Crippen LogP contribution in [-0.2, 0) is 14.4 Å². The Morgan fingerprint density at radius 2 is 0.775 bits per heavy atom. The molecule has 0 amide bonds. The molecule has 234 valence electrons. The Labute approximate surface area is 245 Å². The first-order chi connectivity index (χ1) is 19.1. The predicted octanol–water partition coefficient (Wildman–Crippen LogP) is 8.60.